The van der Waals surface area contributed by atoms with Crippen LogP contribution in [-0.2, 0) is 6.42 Å². The van der Waals surface area contributed by atoms with Crippen LogP contribution in [0.2, 0.25) is 0 Å². The van der Waals surface area contributed by atoms with E-state index in [2.05, 4.69) is 38.0 Å². The first kappa shape index (κ1) is 23.6. The van der Waals surface area contributed by atoms with Gasteiger partial charge in [-0.05, 0) is 42.3 Å². The molecule has 1 aliphatic carbocycles. The Labute approximate surface area is 224 Å². The van der Waals surface area contributed by atoms with Crippen molar-refractivity contribution in [3.8, 4) is 18.3 Å². The Kier molecular flexibility index (Phi) is 5.15. The van der Waals surface area contributed by atoms with Crippen molar-refractivity contribution in [2.24, 2.45) is 11.7 Å². The van der Waals surface area contributed by atoms with E-state index < -0.39 is 5.54 Å². The second-order valence-electron chi connectivity index (χ2n) is 10.5. The number of hydrogen-bond donors (Lipinski definition) is 3. The van der Waals surface area contributed by atoms with Crippen molar-refractivity contribution < 1.29 is 9.13 Å². The summed E-state index contributed by atoms with van der Waals surface area (Å²) in [6, 6.07) is 11.0. The summed E-state index contributed by atoms with van der Waals surface area (Å²) in [5, 5.41) is 5.49. The summed E-state index contributed by atoms with van der Waals surface area (Å²) >= 11 is 0. The van der Waals surface area contributed by atoms with E-state index in [0.29, 0.717) is 46.8 Å². The number of hydrogen-bond acceptors (Lipinski definition) is 7. The van der Waals surface area contributed by atoms with Crippen molar-refractivity contribution in [3.63, 3.8) is 0 Å². The highest BCUT2D eigenvalue weighted by molar-refractivity contribution is 6.14. The van der Waals surface area contributed by atoms with E-state index in [1.54, 1.807) is 7.05 Å². The largest absolute Gasteiger partial charge is 0.424 e. The van der Waals surface area contributed by atoms with Crippen LogP contribution in [0.1, 0.15) is 18.9 Å². The number of nitrogens with two attached hydrogens (primary N) is 1. The Hall–Kier alpha value is -4.49. The van der Waals surface area contributed by atoms with Gasteiger partial charge in [0.1, 0.15) is 29.6 Å². The number of aromatic nitrogens is 4. The lowest BCUT2D eigenvalue weighted by atomic mass is 9.66. The number of ether oxygens (including phenoxy) is 1. The summed E-state index contributed by atoms with van der Waals surface area (Å²) < 4.78 is 20.9. The summed E-state index contributed by atoms with van der Waals surface area (Å²) in [7, 11) is 1.75. The molecule has 2 aromatic carbocycles. The van der Waals surface area contributed by atoms with E-state index in [1.807, 2.05) is 24.4 Å². The van der Waals surface area contributed by atoms with Crippen LogP contribution in [0, 0.1) is 18.3 Å². The van der Waals surface area contributed by atoms with Crippen molar-refractivity contribution in [3.05, 3.63) is 58.8 Å². The number of rotatable bonds is 5. The van der Waals surface area contributed by atoms with Gasteiger partial charge >= 0.3 is 11.5 Å². The highest BCUT2D eigenvalue weighted by Crippen LogP contribution is 2.49. The van der Waals surface area contributed by atoms with E-state index in [1.165, 1.54) is 17.7 Å². The van der Waals surface area contributed by atoms with E-state index in [0.717, 1.165) is 29.3 Å². The quantitative estimate of drug-likeness (QED) is 0.295. The van der Waals surface area contributed by atoms with Gasteiger partial charge in [0, 0.05) is 49.1 Å². The molecule has 5 aromatic rings. The zero-order valence-corrected chi connectivity index (χ0v) is 21.7. The number of aryl methyl sites for hydroxylation is 1. The third kappa shape index (κ3) is 3.57. The monoisotopic (exact) mass is 523 g/mol. The number of benzene rings is 2. The molecule has 1 saturated heterocycles. The molecule has 7 rings (SSSR count). The van der Waals surface area contributed by atoms with Crippen LogP contribution in [-0.4, -0.2) is 51.7 Å². The topological polar surface area (TPSA) is 109 Å². The maximum absolute atomic E-state index is 14.7. The third-order valence-corrected chi connectivity index (χ3v) is 8.32. The summed E-state index contributed by atoms with van der Waals surface area (Å²) in [6.07, 6.45) is 3.52. The third-order valence-electron chi connectivity index (χ3n) is 8.32. The second kappa shape index (κ2) is 8.51. The van der Waals surface area contributed by atoms with Gasteiger partial charge in [0.2, 0.25) is 0 Å². The number of pyridine rings is 1. The molecule has 3 unspecified atom stereocenters. The van der Waals surface area contributed by atoms with Crippen molar-refractivity contribution in [1.82, 2.24) is 19.9 Å². The standard InChI is InChI=1S/C29H28FN8O/c1-4-15-7-16-5-6-18(10-22(16)34-12-15)39-28-36-26-24(19-8-17(30)9-23(32-2)25(19)35-26)27(37-28)38-13-20-21(31)11-29(20,14-38)33-3/h3,5-10,12,20-21,32H,4,11,13-14,31H2,1-2H3,(H,35,36,37)/q+1. The molecule has 0 amide bonds. The Morgan fingerprint density at radius 3 is 2.90 bits per heavy atom. The number of anilines is 2. The molecule has 1 saturated carbocycles. The minimum atomic E-state index is -0.410. The number of aromatic amines is 1. The van der Waals surface area contributed by atoms with Gasteiger partial charge in [-0.15, -0.1) is 0 Å². The predicted octanol–water partition coefficient (Wildman–Crippen LogP) is 5.06. The molecule has 3 aromatic heterocycles. The van der Waals surface area contributed by atoms with Gasteiger partial charge in [-0.25, -0.2) is 4.39 Å². The Balaban J connectivity index is 1.37. The van der Waals surface area contributed by atoms with Gasteiger partial charge in [-0.3, -0.25) is 4.98 Å². The average molecular weight is 524 g/mol. The predicted molar refractivity (Wildman–Crippen MR) is 151 cm³/mol. The average Bonchev–Trinajstić information content (AvgIpc) is 3.46. The number of nitrogens with one attached hydrogen (secondary N) is 2. The fourth-order valence-corrected chi connectivity index (χ4v) is 6.22. The highest BCUT2D eigenvalue weighted by Gasteiger charge is 2.67. The van der Waals surface area contributed by atoms with Crippen LogP contribution in [0.4, 0.5) is 15.9 Å². The SMILES string of the molecule is C#[N+]C12CC(N)C1CN(c1nc(Oc3ccc4cc(CC)cnc4c3)nc3[nH]c4c(NC)cc(F)cc4c13)C2. The van der Waals surface area contributed by atoms with E-state index in [4.69, 9.17) is 27.0 Å². The lowest BCUT2D eigenvalue weighted by Gasteiger charge is -2.35. The van der Waals surface area contributed by atoms with Gasteiger partial charge in [-0.1, -0.05) is 11.8 Å². The van der Waals surface area contributed by atoms with Crippen LogP contribution in [0.15, 0.2) is 42.6 Å². The van der Waals surface area contributed by atoms with Crippen molar-refractivity contribution >= 4 is 44.3 Å². The Morgan fingerprint density at radius 1 is 1.28 bits per heavy atom. The normalized spacial score (nSPS) is 22.2. The lowest BCUT2D eigenvalue weighted by Crippen LogP contribution is -2.58. The minimum Gasteiger partial charge on any atom is -0.424 e. The molecule has 10 heteroatoms. The molecule has 4 heterocycles. The van der Waals surface area contributed by atoms with Gasteiger partial charge in [0.15, 0.2) is 0 Å². The number of fused-ring (bicyclic) bond motifs is 5. The number of H-pyrrole nitrogens is 1. The van der Waals surface area contributed by atoms with Crippen LogP contribution in [0.5, 0.6) is 11.8 Å². The van der Waals surface area contributed by atoms with Crippen molar-refractivity contribution in [2.75, 3.05) is 30.4 Å². The first-order chi connectivity index (χ1) is 18.9. The molecule has 0 spiro atoms. The molecule has 0 bridgehead atoms. The molecule has 3 atom stereocenters. The highest BCUT2D eigenvalue weighted by atomic mass is 19.1. The molecule has 2 fully saturated rings. The molecule has 1 aliphatic heterocycles. The molecule has 2 aliphatic rings. The first-order valence-corrected chi connectivity index (χ1v) is 13.1. The molecule has 39 heavy (non-hydrogen) atoms. The fraction of sp³-hybridized carbons (Fsp3) is 0.310. The second-order valence-corrected chi connectivity index (χ2v) is 10.5. The van der Waals surface area contributed by atoms with E-state index in [9.17, 15) is 4.39 Å². The molecular weight excluding hydrogens is 495 g/mol. The van der Waals surface area contributed by atoms with Crippen LogP contribution >= 0.6 is 0 Å². The van der Waals surface area contributed by atoms with Crippen LogP contribution < -0.4 is 20.7 Å². The van der Waals surface area contributed by atoms with Gasteiger partial charge < -0.3 is 25.7 Å². The summed E-state index contributed by atoms with van der Waals surface area (Å²) in [6.45, 7) is 9.16. The molecule has 0 radical (unpaired) electrons. The maximum Gasteiger partial charge on any atom is 0.325 e. The Morgan fingerprint density at radius 2 is 2.15 bits per heavy atom. The minimum absolute atomic E-state index is 0.0185. The van der Waals surface area contributed by atoms with E-state index in [-0.39, 0.29) is 23.8 Å². The summed E-state index contributed by atoms with van der Waals surface area (Å²) in [5.74, 6) is 0.960. The van der Waals surface area contributed by atoms with Crippen molar-refractivity contribution in [1.29, 1.82) is 0 Å². The smallest absolute Gasteiger partial charge is 0.325 e. The number of nitrogens with zero attached hydrogens (tertiary/aromatic N) is 5. The van der Waals surface area contributed by atoms with Crippen molar-refractivity contribution in [2.45, 2.75) is 31.3 Å². The van der Waals surface area contributed by atoms with E-state index >= 15 is 0 Å². The van der Waals surface area contributed by atoms with Gasteiger partial charge in [0.05, 0.1) is 28.0 Å². The molecular formula is C29H28FN8O+. The maximum atomic E-state index is 14.7. The number of halogens is 1. The summed E-state index contributed by atoms with van der Waals surface area (Å²) in [5.41, 5.74) is 9.82. The molecule has 9 nitrogen and oxygen atoms in total. The van der Waals surface area contributed by atoms with Gasteiger partial charge in [-0.2, -0.15) is 9.97 Å². The zero-order valence-electron chi connectivity index (χ0n) is 21.7. The fourth-order valence-electron chi connectivity index (χ4n) is 6.22. The lowest BCUT2D eigenvalue weighted by molar-refractivity contribution is 0.188. The Bertz CT molecular complexity index is 1830. The van der Waals surface area contributed by atoms with Crippen LogP contribution in [0.3, 0.4) is 0 Å². The molecule has 4 N–H and O–H groups in total. The summed E-state index contributed by atoms with van der Waals surface area (Å²) in [4.78, 5) is 23.9. The first-order valence-electron chi connectivity index (χ1n) is 13.1. The zero-order chi connectivity index (χ0) is 26.9. The van der Waals surface area contributed by atoms with Crippen LogP contribution in [0.25, 0.3) is 37.7 Å². The molecule has 196 valence electrons. The van der Waals surface area contributed by atoms with Gasteiger partial charge in [0.25, 0.3) is 6.57 Å².